The Morgan fingerprint density at radius 3 is 2.43 bits per heavy atom. The summed E-state index contributed by atoms with van der Waals surface area (Å²) >= 11 is 0. The van der Waals surface area contributed by atoms with Gasteiger partial charge >= 0.3 is 6.18 Å². The minimum Gasteiger partial charge on any atom is -0.398 e. The number of amides is 1. The lowest BCUT2D eigenvalue weighted by Gasteiger charge is -2.34. The minimum absolute atomic E-state index is 0.114. The number of carbonyl (C=O) groups is 1. The first-order valence-corrected chi connectivity index (χ1v) is 7.01. The molecule has 0 saturated heterocycles. The Balaban J connectivity index is 2.24. The molecule has 0 unspecified atom stereocenters. The Morgan fingerprint density at radius 1 is 1.24 bits per heavy atom. The van der Waals surface area contributed by atoms with Crippen molar-refractivity contribution in [2.45, 2.75) is 50.7 Å². The van der Waals surface area contributed by atoms with Crippen molar-refractivity contribution in [2.24, 2.45) is 0 Å². The van der Waals surface area contributed by atoms with Crippen LogP contribution in [0.1, 0.15) is 54.9 Å². The summed E-state index contributed by atoms with van der Waals surface area (Å²) in [5, 5.41) is 2.84. The lowest BCUT2D eigenvalue weighted by molar-refractivity contribution is -0.136. The molecule has 1 saturated carbocycles. The Bertz CT molecular complexity index is 534. The summed E-state index contributed by atoms with van der Waals surface area (Å²) in [5.41, 5.74) is 3.58. The molecule has 3 N–H and O–H groups in total. The van der Waals surface area contributed by atoms with Gasteiger partial charge in [-0.2, -0.15) is 13.2 Å². The van der Waals surface area contributed by atoms with Crippen LogP contribution in [0.25, 0.3) is 0 Å². The van der Waals surface area contributed by atoms with E-state index in [9.17, 15) is 18.0 Å². The van der Waals surface area contributed by atoms with Gasteiger partial charge in [0.15, 0.2) is 0 Å². The summed E-state index contributed by atoms with van der Waals surface area (Å²) in [4.78, 5) is 12.3. The van der Waals surface area contributed by atoms with Crippen molar-refractivity contribution in [3.8, 4) is 0 Å². The standard InChI is InChI=1S/C15H19F3N2O/c1-14(8-3-2-4-9-14)20-13(21)10-6-5-7-11(12(10)19)15(16,17)18/h5-7H,2-4,8-9,19H2,1H3,(H,20,21). The predicted molar refractivity (Wildman–Crippen MR) is 74.8 cm³/mol. The van der Waals surface area contributed by atoms with Gasteiger partial charge in [-0.15, -0.1) is 0 Å². The van der Waals surface area contributed by atoms with E-state index < -0.39 is 23.3 Å². The van der Waals surface area contributed by atoms with Gasteiger partial charge in [0.2, 0.25) is 0 Å². The number of para-hydroxylation sites is 1. The van der Waals surface area contributed by atoms with Gasteiger partial charge in [-0.3, -0.25) is 4.79 Å². The largest absolute Gasteiger partial charge is 0.418 e. The Labute approximate surface area is 121 Å². The first kappa shape index (κ1) is 15.7. The second-order valence-electron chi connectivity index (χ2n) is 5.84. The third kappa shape index (κ3) is 3.49. The topological polar surface area (TPSA) is 55.1 Å². The van der Waals surface area contributed by atoms with Gasteiger partial charge in [-0.05, 0) is 31.9 Å². The van der Waals surface area contributed by atoms with E-state index in [1.165, 1.54) is 12.1 Å². The maximum Gasteiger partial charge on any atom is 0.418 e. The van der Waals surface area contributed by atoms with Crippen molar-refractivity contribution < 1.29 is 18.0 Å². The number of hydrogen-bond acceptors (Lipinski definition) is 2. The molecular formula is C15H19F3N2O. The van der Waals surface area contributed by atoms with E-state index in [-0.39, 0.29) is 11.1 Å². The number of nitrogens with two attached hydrogens (primary N) is 1. The monoisotopic (exact) mass is 300 g/mol. The molecule has 1 aliphatic carbocycles. The van der Waals surface area contributed by atoms with Gasteiger partial charge < -0.3 is 11.1 Å². The maximum absolute atomic E-state index is 12.8. The molecule has 0 spiro atoms. The van der Waals surface area contributed by atoms with Crippen molar-refractivity contribution in [3.05, 3.63) is 29.3 Å². The average molecular weight is 300 g/mol. The van der Waals surface area contributed by atoms with Crippen LogP contribution in [-0.2, 0) is 6.18 Å². The average Bonchev–Trinajstić information content (AvgIpc) is 2.37. The fourth-order valence-electron chi connectivity index (χ4n) is 2.81. The molecule has 0 aliphatic heterocycles. The van der Waals surface area contributed by atoms with Crippen LogP contribution in [0.5, 0.6) is 0 Å². The van der Waals surface area contributed by atoms with Gasteiger partial charge in [-0.1, -0.05) is 25.3 Å². The second-order valence-corrected chi connectivity index (χ2v) is 5.84. The molecule has 1 amide bonds. The molecule has 6 heteroatoms. The van der Waals surface area contributed by atoms with Crippen LogP contribution in [-0.4, -0.2) is 11.4 Å². The zero-order valence-electron chi connectivity index (χ0n) is 11.9. The lowest BCUT2D eigenvalue weighted by atomic mass is 9.83. The van der Waals surface area contributed by atoms with Crippen molar-refractivity contribution in [1.29, 1.82) is 0 Å². The SMILES string of the molecule is CC1(NC(=O)c2cccc(C(F)(F)F)c2N)CCCCC1. The van der Waals surface area contributed by atoms with Gasteiger partial charge in [0.25, 0.3) is 5.91 Å². The van der Waals surface area contributed by atoms with Crippen LogP contribution in [0.3, 0.4) is 0 Å². The summed E-state index contributed by atoms with van der Waals surface area (Å²) in [6.45, 7) is 1.92. The van der Waals surface area contributed by atoms with Crippen LogP contribution in [0.4, 0.5) is 18.9 Å². The van der Waals surface area contributed by atoms with Crippen molar-refractivity contribution >= 4 is 11.6 Å². The summed E-state index contributed by atoms with van der Waals surface area (Å²) in [6.07, 6.45) is 0.241. The molecule has 2 rings (SSSR count). The first-order chi connectivity index (χ1) is 9.73. The molecule has 21 heavy (non-hydrogen) atoms. The van der Waals surface area contributed by atoms with Gasteiger partial charge in [0, 0.05) is 5.54 Å². The normalized spacial score (nSPS) is 18.3. The van der Waals surface area contributed by atoms with E-state index in [1.807, 2.05) is 6.92 Å². The van der Waals surface area contributed by atoms with Gasteiger partial charge in [0.05, 0.1) is 16.8 Å². The highest BCUT2D eigenvalue weighted by atomic mass is 19.4. The second kappa shape index (κ2) is 5.58. The van der Waals surface area contributed by atoms with E-state index in [0.29, 0.717) is 0 Å². The van der Waals surface area contributed by atoms with E-state index in [0.717, 1.165) is 38.2 Å². The Kier molecular flexibility index (Phi) is 4.16. The molecule has 0 heterocycles. The highest BCUT2D eigenvalue weighted by Crippen LogP contribution is 2.35. The number of nitrogen functional groups attached to an aromatic ring is 1. The summed E-state index contributed by atoms with van der Waals surface area (Å²) in [5.74, 6) is -0.539. The first-order valence-electron chi connectivity index (χ1n) is 7.01. The van der Waals surface area contributed by atoms with Crippen LogP contribution in [0.15, 0.2) is 18.2 Å². The number of hydrogen-bond donors (Lipinski definition) is 2. The number of rotatable bonds is 2. The Hall–Kier alpha value is -1.72. The van der Waals surface area contributed by atoms with Crippen LogP contribution in [0.2, 0.25) is 0 Å². The summed E-state index contributed by atoms with van der Waals surface area (Å²) in [6, 6.07) is 3.41. The molecular weight excluding hydrogens is 281 g/mol. The van der Waals surface area contributed by atoms with Gasteiger partial charge in [-0.25, -0.2) is 0 Å². The molecule has 1 aromatic carbocycles. The predicted octanol–water partition coefficient (Wildman–Crippen LogP) is 3.74. The van der Waals surface area contributed by atoms with E-state index in [1.54, 1.807) is 0 Å². The number of anilines is 1. The highest BCUT2D eigenvalue weighted by molar-refractivity contribution is 6.00. The molecule has 116 valence electrons. The van der Waals surface area contributed by atoms with Crippen molar-refractivity contribution in [3.63, 3.8) is 0 Å². The molecule has 0 aromatic heterocycles. The number of benzene rings is 1. The number of halogens is 3. The third-order valence-corrected chi connectivity index (χ3v) is 4.03. The number of carbonyl (C=O) groups excluding carboxylic acids is 1. The molecule has 3 nitrogen and oxygen atoms in total. The van der Waals surface area contributed by atoms with Crippen LogP contribution < -0.4 is 11.1 Å². The van der Waals surface area contributed by atoms with Gasteiger partial charge in [0.1, 0.15) is 0 Å². The van der Waals surface area contributed by atoms with E-state index in [4.69, 9.17) is 5.73 Å². The highest BCUT2D eigenvalue weighted by Gasteiger charge is 2.35. The zero-order chi connectivity index (χ0) is 15.7. The number of nitrogens with one attached hydrogen (secondary N) is 1. The molecule has 1 fully saturated rings. The smallest absolute Gasteiger partial charge is 0.398 e. The van der Waals surface area contributed by atoms with E-state index >= 15 is 0 Å². The quantitative estimate of drug-likeness (QED) is 0.817. The molecule has 1 aromatic rings. The Morgan fingerprint density at radius 2 is 1.86 bits per heavy atom. The maximum atomic E-state index is 12.8. The molecule has 0 atom stereocenters. The fraction of sp³-hybridized carbons (Fsp3) is 0.533. The molecule has 0 bridgehead atoms. The summed E-state index contributed by atoms with van der Waals surface area (Å²) < 4.78 is 38.4. The fourth-order valence-corrected chi connectivity index (χ4v) is 2.81. The van der Waals surface area contributed by atoms with Crippen molar-refractivity contribution in [2.75, 3.05) is 5.73 Å². The molecule has 0 radical (unpaired) electrons. The lowest BCUT2D eigenvalue weighted by Crippen LogP contribution is -2.47. The third-order valence-electron chi connectivity index (χ3n) is 4.03. The van der Waals surface area contributed by atoms with E-state index in [2.05, 4.69) is 5.32 Å². The van der Waals surface area contributed by atoms with Crippen LogP contribution >= 0.6 is 0 Å². The van der Waals surface area contributed by atoms with Crippen molar-refractivity contribution in [1.82, 2.24) is 5.32 Å². The van der Waals surface area contributed by atoms with Crippen LogP contribution in [0, 0.1) is 0 Å². The molecule has 1 aliphatic rings. The minimum atomic E-state index is -4.56. The number of alkyl halides is 3. The zero-order valence-corrected chi connectivity index (χ0v) is 11.9. The summed E-state index contributed by atoms with van der Waals surface area (Å²) in [7, 11) is 0.